The summed E-state index contributed by atoms with van der Waals surface area (Å²) < 4.78 is 6.42. The molecule has 1 aromatic rings. The van der Waals surface area contributed by atoms with Crippen LogP contribution in [-0.4, -0.2) is 19.5 Å². The minimum absolute atomic E-state index is 0.294. The Morgan fingerprint density at radius 3 is 2.57 bits per heavy atom. The first-order valence-electron chi connectivity index (χ1n) is 3.95. The third kappa shape index (κ3) is 3.51. The van der Waals surface area contributed by atoms with Crippen molar-refractivity contribution in [1.82, 2.24) is 0 Å². The van der Waals surface area contributed by atoms with Crippen LogP contribution in [0.4, 0.5) is 10.5 Å². The summed E-state index contributed by atoms with van der Waals surface area (Å²) in [5.74, 6) is 0. The SMILES string of the molecule is COC(=O)SSN(C)c1ccccc1. The van der Waals surface area contributed by atoms with Gasteiger partial charge in [0.15, 0.2) is 0 Å². The number of para-hydroxylation sites is 1. The molecule has 0 aliphatic carbocycles. The monoisotopic (exact) mass is 229 g/mol. The Morgan fingerprint density at radius 1 is 1.36 bits per heavy atom. The van der Waals surface area contributed by atoms with Gasteiger partial charge < -0.3 is 9.04 Å². The smallest absolute Gasteiger partial charge is 0.379 e. The predicted octanol–water partition coefficient (Wildman–Crippen LogP) is 3.19. The van der Waals surface area contributed by atoms with Gasteiger partial charge in [-0.3, -0.25) is 0 Å². The fraction of sp³-hybridized carbons (Fsp3) is 0.222. The summed E-state index contributed by atoms with van der Waals surface area (Å²) in [4.78, 5) is 10.8. The fourth-order valence-corrected chi connectivity index (χ4v) is 2.23. The van der Waals surface area contributed by atoms with Gasteiger partial charge in [0.2, 0.25) is 0 Å². The Labute approximate surface area is 91.3 Å². The quantitative estimate of drug-likeness (QED) is 0.451. The molecule has 0 unspecified atom stereocenters. The van der Waals surface area contributed by atoms with E-state index in [2.05, 4.69) is 4.74 Å². The summed E-state index contributed by atoms with van der Waals surface area (Å²) in [6.45, 7) is 0. The molecule has 0 bridgehead atoms. The highest BCUT2D eigenvalue weighted by Gasteiger charge is 2.06. The number of nitrogens with zero attached hydrogens (tertiary/aromatic N) is 1. The Morgan fingerprint density at radius 2 is 2.00 bits per heavy atom. The van der Waals surface area contributed by atoms with Crippen LogP contribution in [0.15, 0.2) is 30.3 Å². The van der Waals surface area contributed by atoms with Gasteiger partial charge in [-0.1, -0.05) is 18.2 Å². The van der Waals surface area contributed by atoms with Gasteiger partial charge in [-0.15, -0.1) is 0 Å². The van der Waals surface area contributed by atoms with Gasteiger partial charge in [0, 0.05) is 34.5 Å². The maximum atomic E-state index is 10.8. The van der Waals surface area contributed by atoms with Gasteiger partial charge in [0.1, 0.15) is 0 Å². The summed E-state index contributed by atoms with van der Waals surface area (Å²) in [5, 5.41) is -0.294. The molecule has 1 aromatic carbocycles. The van der Waals surface area contributed by atoms with Crippen molar-refractivity contribution >= 4 is 32.8 Å². The van der Waals surface area contributed by atoms with E-state index in [0.29, 0.717) is 0 Å². The van der Waals surface area contributed by atoms with E-state index in [9.17, 15) is 4.79 Å². The molecule has 14 heavy (non-hydrogen) atoms. The third-order valence-electron chi connectivity index (χ3n) is 1.50. The van der Waals surface area contributed by atoms with Gasteiger partial charge in [0.25, 0.3) is 0 Å². The topological polar surface area (TPSA) is 29.5 Å². The average molecular weight is 229 g/mol. The average Bonchev–Trinajstić information content (AvgIpc) is 2.26. The molecule has 0 amide bonds. The molecule has 0 saturated carbocycles. The van der Waals surface area contributed by atoms with Gasteiger partial charge in [-0.25, -0.2) is 4.79 Å². The molecule has 3 nitrogen and oxygen atoms in total. The van der Waals surface area contributed by atoms with E-state index >= 15 is 0 Å². The zero-order chi connectivity index (χ0) is 10.4. The van der Waals surface area contributed by atoms with Crippen molar-refractivity contribution in [2.45, 2.75) is 0 Å². The van der Waals surface area contributed by atoms with Crippen molar-refractivity contribution in [3.8, 4) is 0 Å². The first-order chi connectivity index (χ1) is 6.74. The molecule has 0 fully saturated rings. The molecule has 0 heterocycles. The number of carbonyl (C=O) groups is 1. The molecule has 0 radical (unpaired) electrons. The molecule has 76 valence electrons. The molecule has 0 spiro atoms. The number of ether oxygens (including phenoxy) is 1. The molecular formula is C9H11NO2S2. The highest BCUT2D eigenvalue weighted by molar-refractivity contribution is 8.82. The number of rotatable bonds is 3. The van der Waals surface area contributed by atoms with Crippen LogP contribution in [0, 0.1) is 0 Å². The first-order valence-corrected chi connectivity index (χ1v) is 6.06. The van der Waals surface area contributed by atoms with Crippen LogP contribution in [-0.2, 0) is 4.74 Å². The Balaban J connectivity index is 2.43. The predicted molar refractivity (Wildman–Crippen MR) is 62.4 cm³/mol. The Kier molecular flexibility index (Phi) is 4.69. The van der Waals surface area contributed by atoms with Gasteiger partial charge in [-0.05, 0) is 12.1 Å². The number of hydrogen-bond acceptors (Lipinski definition) is 5. The van der Waals surface area contributed by atoms with E-state index < -0.39 is 0 Å². The largest absolute Gasteiger partial charge is 0.460 e. The van der Waals surface area contributed by atoms with E-state index in [4.69, 9.17) is 0 Å². The van der Waals surface area contributed by atoms with Crippen molar-refractivity contribution in [1.29, 1.82) is 0 Å². The van der Waals surface area contributed by atoms with E-state index in [1.54, 1.807) is 0 Å². The lowest BCUT2D eigenvalue weighted by Gasteiger charge is -2.15. The van der Waals surface area contributed by atoms with Gasteiger partial charge in [-0.2, -0.15) is 0 Å². The van der Waals surface area contributed by atoms with Crippen LogP contribution >= 0.6 is 21.8 Å². The molecule has 0 aliphatic heterocycles. The molecule has 0 N–H and O–H groups in total. The normalized spacial score (nSPS) is 9.57. The van der Waals surface area contributed by atoms with E-state index in [0.717, 1.165) is 16.5 Å². The highest BCUT2D eigenvalue weighted by atomic mass is 33.1. The van der Waals surface area contributed by atoms with E-state index in [1.165, 1.54) is 18.1 Å². The molecule has 0 aliphatic rings. The second-order valence-electron chi connectivity index (χ2n) is 2.45. The summed E-state index contributed by atoms with van der Waals surface area (Å²) in [5.41, 5.74) is 1.05. The minimum Gasteiger partial charge on any atom is -0.460 e. The molecule has 0 saturated heterocycles. The van der Waals surface area contributed by atoms with Crippen molar-refractivity contribution in [2.24, 2.45) is 0 Å². The number of benzene rings is 1. The van der Waals surface area contributed by atoms with Crippen LogP contribution in [0.3, 0.4) is 0 Å². The minimum atomic E-state index is -0.294. The van der Waals surface area contributed by atoms with Crippen LogP contribution in [0.25, 0.3) is 0 Å². The fourth-order valence-electron chi connectivity index (χ4n) is 0.801. The summed E-state index contributed by atoms with van der Waals surface area (Å²) in [6, 6.07) is 9.82. The molecule has 0 aromatic heterocycles. The number of carbonyl (C=O) groups excluding carboxylic acids is 1. The molecule has 1 rings (SSSR count). The standard InChI is InChI=1S/C9H11NO2S2/c1-10(14-13-9(11)12-2)8-6-4-3-5-7-8/h3-7H,1-2H3. The van der Waals surface area contributed by atoms with Gasteiger partial charge >= 0.3 is 5.30 Å². The second-order valence-corrected chi connectivity index (χ2v) is 4.59. The molecule has 5 heteroatoms. The number of methoxy groups -OCH3 is 1. The lowest BCUT2D eigenvalue weighted by molar-refractivity contribution is 0.200. The van der Waals surface area contributed by atoms with Crippen LogP contribution in [0.1, 0.15) is 0 Å². The maximum absolute atomic E-state index is 10.8. The van der Waals surface area contributed by atoms with Gasteiger partial charge in [0.05, 0.1) is 7.11 Å². The zero-order valence-corrected chi connectivity index (χ0v) is 9.60. The third-order valence-corrected chi connectivity index (χ3v) is 3.62. The van der Waals surface area contributed by atoms with Crippen molar-refractivity contribution in [3.05, 3.63) is 30.3 Å². The van der Waals surface area contributed by atoms with Crippen LogP contribution < -0.4 is 4.31 Å². The summed E-state index contributed by atoms with van der Waals surface area (Å²) in [6.07, 6.45) is 0. The lowest BCUT2D eigenvalue weighted by Crippen LogP contribution is -2.04. The summed E-state index contributed by atoms with van der Waals surface area (Å²) in [7, 11) is 5.67. The second kappa shape index (κ2) is 5.82. The first kappa shape index (κ1) is 11.3. The van der Waals surface area contributed by atoms with E-state index in [1.807, 2.05) is 41.7 Å². The maximum Gasteiger partial charge on any atom is 0.379 e. The number of hydrogen-bond donors (Lipinski definition) is 0. The molecule has 0 atom stereocenters. The molecular weight excluding hydrogens is 218 g/mol. The summed E-state index contributed by atoms with van der Waals surface area (Å²) >= 11 is 0. The zero-order valence-electron chi connectivity index (χ0n) is 7.97. The van der Waals surface area contributed by atoms with Crippen molar-refractivity contribution in [2.75, 3.05) is 18.5 Å². The van der Waals surface area contributed by atoms with Crippen LogP contribution in [0.5, 0.6) is 0 Å². The van der Waals surface area contributed by atoms with Crippen molar-refractivity contribution < 1.29 is 9.53 Å². The van der Waals surface area contributed by atoms with Crippen molar-refractivity contribution in [3.63, 3.8) is 0 Å². The number of anilines is 1. The van der Waals surface area contributed by atoms with Crippen LogP contribution in [0.2, 0.25) is 0 Å². The Hall–Kier alpha value is -0.810. The lowest BCUT2D eigenvalue weighted by atomic mass is 10.3. The Bertz CT molecular complexity index is 292. The van der Waals surface area contributed by atoms with E-state index in [-0.39, 0.29) is 5.30 Å². The highest BCUT2D eigenvalue weighted by Crippen LogP contribution is 2.30.